The van der Waals surface area contributed by atoms with Crippen molar-refractivity contribution in [2.75, 3.05) is 7.11 Å². The molecule has 0 radical (unpaired) electrons. The maximum absolute atomic E-state index is 11.6. The molecule has 0 atom stereocenters. The van der Waals surface area contributed by atoms with Crippen LogP contribution in [0.1, 0.15) is 219 Å². The molecule has 1 heterocycles. The van der Waals surface area contributed by atoms with Crippen LogP contribution in [0.15, 0.2) is 97.1 Å². The second-order valence-corrected chi connectivity index (χ2v) is 24.6. The summed E-state index contributed by atoms with van der Waals surface area (Å²) >= 11 is 0. The molecule has 6 nitrogen and oxygen atoms in total. The number of aryl methyl sites for hydroxylation is 6. The van der Waals surface area contributed by atoms with Crippen LogP contribution in [0.4, 0.5) is 0 Å². The Morgan fingerprint density at radius 2 is 0.934 bits per heavy atom. The van der Waals surface area contributed by atoms with Crippen molar-refractivity contribution in [3.63, 3.8) is 0 Å². The Morgan fingerprint density at radius 3 is 1.32 bits per heavy atom. The molecule has 7 heteroatoms. The van der Waals surface area contributed by atoms with Crippen molar-refractivity contribution in [3.8, 4) is 11.1 Å². The molecule has 2 N–H and O–H groups in total. The second-order valence-electron chi connectivity index (χ2n) is 24.6. The summed E-state index contributed by atoms with van der Waals surface area (Å²) in [5, 5.41) is 22.0. The first kappa shape index (κ1) is 59.1. The van der Waals surface area contributed by atoms with E-state index in [4.69, 9.17) is 14.0 Å². The van der Waals surface area contributed by atoms with Crippen LogP contribution >= 0.6 is 0 Å². The molecule has 0 aromatic heterocycles. The molecule has 3 aliphatic rings. The number of methoxy groups -OCH3 is 1. The fourth-order valence-electron chi connectivity index (χ4n) is 13.2. The zero-order valence-corrected chi connectivity index (χ0v) is 49.3. The van der Waals surface area contributed by atoms with E-state index in [1.54, 1.807) is 0 Å². The summed E-state index contributed by atoms with van der Waals surface area (Å²) < 4.78 is 17.5. The molecule has 410 valence electrons. The average Bonchev–Trinajstić information content (AvgIpc) is 3.65. The Bertz CT molecular complexity index is 2710. The number of ether oxygens (including phenoxy) is 1. The van der Waals surface area contributed by atoms with Crippen molar-refractivity contribution in [2.45, 2.75) is 238 Å². The Kier molecular flexibility index (Phi) is 19.2. The second kappa shape index (κ2) is 24.6. The van der Waals surface area contributed by atoms with Gasteiger partial charge in [0.05, 0.1) is 35.9 Å². The van der Waals surface area contributed by atoms with E-state index in [0.717, 1.165) is 119 Å². The first-order valence-electron chi connectivity index (χ1n) is 29.5. The number of esters is 1. The first-order chi connectivity index (χ1) is 36.1. The number of rotatable bonds is 18. The molecular formula is C69H95BO6. The molecule has 1 aliphatic heterocycles. The third-order valence-corrected chi connectivity index (χ3v) is 19.4. The lowest BCUT2D eigenvalue weighted by molar-refractivity contribution is -0.139. The van der Waals surface area contributed by atoms with Crippen molar-refractivity contribution in [1.29, 1.82) is 0 Å². The highest BCUT2D eigenvalue weighted by Gasteiger charge is 2.52. The molecule has 5 aromatic rings. The van der Waals surface area contributed by atoms with E-state index in [-0.39, 0.29) is 35.1 Å². The molecule has 2 saturated carbocycles. The van der Waals surface area contributed by atoms with Gasteiger partial charge in [-0.1, -0.05) is 169 Å². The zero-order chi connectivity index (χ0) is 55.1. The van der Waals surface area contributed by atoms with Gasteiger partial charge >= 0.3 is 13.1 Å². The molecule has 0 unspecified atom stereocenters. The lowest BCUT2D eigenvalue weighted by Gasteiger charge is -2.35. The van der Waals surface area contributed by atoms with Crippen molar-refractivity contribution in [3.05, 3.63) is 158 Å². The van der Waals surface area contributed by atoms with E-state index in [2.05, 4.69) is 168 Å². The van der Waals surface area contributed by atoms with Crippen LogP contribution < -0.4 is 5.46 Å². The van der Waals surface area contributed by atoms with Gasteiger partial charge in [-0.3, -0.25) is 4.79 Å². The lowest BCUT2D eigenvalue weighted by atomic mass is 9.67. The maximum Gasteiger partial charge on any atom is 0.495 e. The average molecular weight is 1030 g/mol. The van der Waals surface area contributed by atoms with Gasteiger partial charge in [-0.25, -0.2) is 0 Å². The van der Waals surface area contributed by atoms with Crippen LogP contribution in [0.5, 0.6) is 0 Å². The van der Waals surface area contributed by atoms with E-state index in [0.29, 0.717) is 6.42 Å². The lowest BCUT2D eigenvalue weighted by Crippen LogP contribution is -2.41. The summed E-state index contributed by atoms with van der Waals surface area (Å²) in [7, 11) is 1.09. The quantitative estimate of drug-likeness (QED) is 0.0672. The molecule has 2 aliphatic carbocycles. The minimum absolute atomic E-state index is 0.0376. The van der Waals surface area contributed by atoms with Gasteiger partial charge in [0.1, 0.15) is 0 Å². The largest absolute Gasteiger partial charge is 0.495 e. The molecule has 0 spiro atoms. The Labute approximate surface area is 460 Å². The molecule has 1 saturated heterocycles. The van der Waals surface area contributed by atoms with Crippen LogP contribution in [0.25, 0.3) is 11.1 Å². The zero-order valence-electron chi connectivity index (χ0n) is 49.3. The van der Waals surface area contributed by atoms with Crippen molar-refractivity contribution < 1.29 is 29.1 Å². The molecule has 8 rings (SSSR count). The standard InChI is InChI=1S/C36H46O3.C33H49BO3/c1-6-36(7-2,31-16-15-29(26(3)23-31)19-22-35(38)20-9-8-10-21-35)32-17-18-33(27(4)24-32)30-13-11-28(12-14-30)25-34(37)39-5;1-9-33(10-2,27-15-14-26(24(3)22-27)18-21-32(35)19-12-11-13-20-32)28-16-17-29(25(4)23-28)34-36-30(5,6)31(7,8)37-34/h11-18,23-24,38H,6-10,19-22,25H2,1-5H3;14-17,22-23,35H,9-13,18-21H2,1-8H3. The van der Waals surface area contributed by atoms with Gasteiger partial charge in [0.25, 0.3) is 0 Å². The molecule has 5 aromatic carbocycles. The Balaban J connectivity index is 0.000000221. The minimum Gasteiger partial charge on any atom is -0.469 e. The smallest absolute Gasteiger partial charge is 0.469 e. The monoisotopic (exact) mass is 1030 g/mol. The highest BCUT2D eigenvalue weighted by molar-refractivity contribution is 6.62. The van der Waals surface area contributed by atoms with E-state index in [1.165, 1.54) is 81.1 Å². The predicted octanol–water partition coefficient (Wildman–Crippen LogP) is 15.8. The van der Waals surface area contributed by atoms with Crippen LogP contribution in [-0.2, 0) is 48.9 Å². The summed E-state index contributed by atoms with van der Waals surface area (Å²) in [5.41, 5.74) is 16.1. The molecular weight excluding hydrogens is 936 g/mol. The Morgan fingerprint density at radius 1 is 0.539 bits per heavy atom. The number of hydrogen-bond donors (Lipinski definition) is 2. The van der Waals surface area contributed by atoms with Crippen LogP contribution in [-0.4, -0.2) is 52.8 Å². The summed E-state index contributed by atoms with van der Waals surface area (Å²) in [6.07, 6.45) is 19.1. The topological polar surface area (TPSA) is 85.2 Å². The van der Waals surface area contributed by atoms with Gasteiger partial charge in [0.2, 0.25) is 0 Å². The van der Waals surface area contributed by atoms with Gasteiger partial charge in [0.15, 0.2) is 0 Å². The highest BCUT2D eigenvalue weighted by Crippen LogP contribution is 2.44. The number of carbonyl (C=O) groups is 1. The first-order valence-corrected chi connectivity index (χ1v) is 29.5. The van der Waals surface area contributed by atoms with E-state index >= 15 is 0 Å². The molecule has 0 bridgehead atoms. The van der Waals surface area contributed by atoms with Crippen molar-refractivity contribution >= 4 is 18.6 Å². The Hall–Kier alpha value is -4.53. The molecule has 3 fully saturated rings. The van der Waals surface area contributed by atoms with Crippen molar-refractivity contribution in [1.82, 2.24) is 0 Å². The van der Waals surface area contributed by atoms with Crippen molar-refractivity contribution in [2.24, 2.45) is 0 Å². The van der Waals surface area contributed by atoms with Crippen LogP contribution in [0.3, 0.4) is 0 Å². The molecule has 0 amide bonds. The van der Waals surface area contributed by atoms with Gasteiger partial charge < -0.3 is 24.3 Å². The van der Waals surface area contributed by atoms with E-state index in [1.807, 2.05) is 12.1 Å². The number of aliphatic hydroxyl groups is 2. The maximum atomic E-state index is 11.6. The van der Waals surface area contributed by atoms with E-state index < -0.39 is 11.2 Å². The van der Waals surface area contributed by atoms with E-state index in [9.17, 15) is 15.0 Å². The summed E-state index contributed by atoms with van der Waals surface area (Å²) in [6, 6.07) is 36.1. The summed E-state index contributed by atoms with van der Waals surface area (Å²) in [4.78, 5) is 11.6. The normalized spacial score (nSPS) is 18.0. The number of hydrogen-bond acceptors (Lipinski definition) is 6. The fourth-order valence-corrected chi connectivity index (χ4v) is 13.2. The number of benzene rings is 5. The van der Waals surface area contributed by atoms with Gasteiger partial charge in [-0.15, -0.1) is 0 Å². The fraction of sp³-hybridized carbons (Fsp3) is 0.551. The third-order valence-electron chi connectivity index (χ3n) is 19.4. The van der Waals surface area contributed by atoms with Gasteiger partial charge in [0, 0.05) is 10.8 Å². The van der Waals surface area contributed by atoms with Gasteiger partial charge in [-0.05, 0) is 205 Å². The minimum atomic E-state index is -0.471. The predicted molar refractivity (Wildman–Crippen MR) is 317 cm³/mol. The summed E-state index contributed by atoms with van der Waals surface area (Å²) in [5.74, 6) is -0.219. The molecule has 76 heavy (non-hydrogen) atoms. The SMILES string of the molecule is CCC(CC)(c1ccc(CCC2(O)CCCCC2)c(C)c1)c1ccc(-c2ccc(CC(=O)OC)cc2)c(C)c1.CCC(CC)(c1ccc(CCC2(O)CCCCC2)c(C)c1)c1ccc(B2OC(C)(C)C(C)(C)O2)c(C)c1. The van der Waals surface area contributed by atoms with Gasteiger partial charge in [-0.2, -0.15) is 0 Å². The van der Waals surface area contributed by atoms with Crippen LogP contribution in [0, 0.1) is 27.7 Å². The summed E-state index contributed by atoms with van der Waals surface area (Å²) in [6.45, 7) is 26.5. The third kappa shape index (κ3) is 13.0. The highest BCUT2D eigenvalue weighted by atomic mass is 16.7. The number of carbonyl (C=O) groups excluding carboxylic acids is 1. The van der Waals surface area contributed by atoms with Crippen LogP contribution in [0.2, 0.25) is 0 Å².